The number of carbonyl (C=O) groups is 3. The Morgan fingerprint density at radius 3 is 2.22 bits per heavy atom. The van der Waals surface area contributed by atoms with Gasteiger partial charge in [-0.1, -0.05) is 75.2 Å². The van der Waals surface area contributed by atoms with Gasteiger partial charge in [-0.15, -0.1) is 0 Å². The van der Waals surface area contributed by atoms with E-state index in [0.29, 0.717) is 51.6 Å². The van der Waals surface area contributed by atoms with Crippen LogP contribution in [0.1, 0.15) is 93.2 Å². The van der Waals surface area contributed by atoms with Crippen LogP contribution >= 0.6 is 23.2 Å². The molecule has 1 aliphatic rings. The third-order valence-electron chi connectivity index (χ3n) is 9.68. The number of carbonyl (C=O) groups excluding carboxylic acids is 2. The summed E-state index contributed by atoms with van der Waals surface area (Å²) in [6.07, 6.45) is 6.32. The van der Waals surface area contributed by atoms with Crippen molar-refractivity contribution in [3.63, 3.8) is 0 Å². The van der Waals surface area contributed by atoms with Gasteiger partial charge in [0.2, 0.25) is 5.91 Å². The molecule has 1 aromatic heterocycles. The highest BCUT2D eigenvalue weighted by atomic mass is 35.5. The third-order valence-corrected chi connectivity index (χ3v) is 10.2. The number of ketones is 1. The number of hydrogen-bond acceptors (Lipinski definition) is 5. The van der Waals surface area contributed by atoms with Crippen molar-refractivity contribution in [1.82, 2.24) is 14.9 Å². The summed E-state index contributed by atoms with van der Waals surface area (Å²) in [6.45, 7) is 9.04. The molecule has 0 bridgehead atoms. The molecule has 264 valence electrons. The van der Waals surface area contributed by atoms with Crippen LogP contribution in [-0.2, 0) is 29.2 Å². The summed E-state index contributed by atoms with van der Waals surface area (Å²) >= 11 is 12.8. The first kappa shape index (κ1) is 37.1. The Bertz CT molecular complexity index is 1800. The van der Waals surface area contributed by atoms with E-state index in [1.165, 1.54) is 0 Å². The number of Topliss-reactive ketones (excluding diaryl/α,β-unsaturated/α-hetero) is 1. The van der Waals surface area contributed by atoms with Crippen molar-refractivity contribution < 1.29 is 24.2 Å². The second kappa shape index (κ2) is 16.3. The van der Waals surface area contributed by atoms with E-state index in [-0.39, 0.29) is 41.7 Å². The predicted molar refractivity (Wildman–Crippen MR) is 197 cm³/mol. The Morgan fingerprint density at radius 2 is 1.62 bits per heavy atom. The number of imidazole rings is 1. The van der Waals surface area contributed by atoms with Gasteiger partial charge >= 0.3 is 5.97 Å². The number of carboxylic acid groups (broad SMARTS) is 1. The number of amides is 1. The fourth-order valence-electron chi connectivity index (χ4n) is 6.55. The maximum Gasteiger partial charge on any atom is 0.335 e. The number of nitrogens with zero attached hydrogens (tertiary/aromatic N) is 2. The zero-order chi connectivity index (χ0) is 36.0. The van der Waals surface area contributed by atoms with Crippen molar-refractivity contribution in [2.45, 2.75) is 85.4 Å². The highest BCUT2D eigenvalue weighted by molar-refractivity contribution is 6.36. The first-order chi connectivity index (χ1) is 23.8. The zero-order valence-corrected chi connectivity index (χ0v) is 30.6. The number of rotatable bonds is 13. The molecular formula is C40H45Cl2N3O5. The lowest BCUT2D eigenvalue weighted by atomic mass is 9.69. The van der Waals surface area contributed by atoms with Gasteiger partial charge in [0.15, 0.2) is 5.78 Å². The lowest BCUT2D eigenvalue weighted by molar-refractivity contribution is -0.127. The average Bonchev–Trinajstić information content (AvgIpc) is 3.50. The van der Waals surface area contributed by atoms with Crippen molar-refractivity contribution in [3.05, 3.63) is 105 Å². The van der Waals surface area contributed by atoms with E-state index < -0.39 is 12.0 Å². The Morgan fingerprint density at radius 1 is 0.960 bits per heavy atom. The summed E-state index contributed by atoms with van der Waals surface area (Å²) in [5.41, 5.74) is 3.51. The molecule has 1 atom stereocenters. The minimum Gasteiger partial charge on any atom is -0.489 e. The number of nitrogens with one attached hydrogen (secondary N) is 1. The molecule has 1 heterocycles. The van der Waals surface area contributed by atoms with E-state index in [4.69, 9.17) is 38.0 Å². The van der Waals surface area contributed by atoms with Gasteiger partial charge in [-0.25, -0.2) is 9.78 Å². The van der Waals surface area contributed by atoms with E-state index in [2.05, 4.69) is 26.1 Å². The second-order valence-electron chi connectivity index (χ2n) is 14.2. The SMILES string of the molecule is CCC(=O)Cn1cc(-c2ccc(Cl)cc2Cl)nc1[C@H](Cc1ccc(OCc2ccc(C(=O)O)cc2)cc1)NC(=O)C1CCC(C(C)(C)C)CC1. The van der Waals surface area contributed by atoms with Gasteiger partial charge in [0.25, 0.3) is 0 Å². The lowest BCUT2D eigenvalue weighted by Crippen LogP contribution is -2.39. The maximum absolute atomic E-state index is 13.9. The molecule has 1 saturated carbocycles. The molecule has 0 saturated heterocycles. The van der Waals surface area contributed by atoms with E-state index in [9.17, 15) is 14.4 Å². The van der Waals surface area contributed by atoms with Crippen molar-refractivity contribution in [3.8, 4) is 17.0 Å². The first-order valence-electron chi connectivity index (χ1n) is 17.2. The smallest absolute Gasteiger partial charge is 0.335 e. The van der Waals surface area contributed by atoms with E-state index in [1.807, 2.05) is 48.0 Å². The largest absolute Gasteiger partial charge is 0.489 e. The molecule has 1 amide bonds. The van der Waals surface area contributed by atoms with Gasteiger partial charge in [-0.2, -0.15) is 0 Å². The minimum absolute atomic E-state index is 0.00123. The zero-order valence-electron chi connectivity index (χ0n) is 29.0. The Balaban J connectivity index is 1.40. The summed E-state index contributed by atoms with van der Waals surface area (Å²) in [5.74, 6) is 0.789. The normalized spacial score (nSPS) is 16.8. The summed E-state index contributed by atoms with van der Waals surface area (Å²) in [6, 6.07) is 18.9. The molecule has 1 aliphatic carbocycles. The number of aromatic carboxylic acids is 1. The summed E-state index contributed by atoms with van der Waals surface area (Å²) in [4.78, 5) is 42.9. The molecule has 50 heavy (non-hydrogen) atoms. The van der Waals surface area contributed by atoms with Crippen LogP contribution in [0.3, 0.4) is 0 Å². The van der Waals surface area contributed by atoms with Crippen LogP contribution in [0.4, 0.5) is 0 Å². The minimum atomic E-state index is -0.972. The average molecular weight is 719 g/mol. The van der Waals surface area contributed by atoms with E-state index in [1.54, 1.807) is 36.4 Å². The third kappa shape index (κ3) is 9.55. The molecule has 0 aliphatic heterocycles. The van der Waals surface area contributed by atoms with Gasteiger partial charge in [-0.05, 0) is 97.0 Å². The lowest BCUT2D eigenvalue weighted by Gasteiger charge is -2.36. The van der Waals surface area contributed by atoms with Gasteiger partial charge in [0, 0.05) is 29.1 Å². The van der Waals surface area contributed by atoms with Gasteiger partial charge in [-0.3, -0.25) is 9.59 Å². The molecule has 0 spiro atoms. The molecule has 3 aromatic carbocycles. The van der Waals surface area contributed by atoms with Crippen LogP contribution in [0.5, 0.6) is 5.75 Å². The predicted octanol–water partition coefficient (Wildman–Crippen LogP) is 9.37. The van der Waals surface area contributed by atoms with Crippen LogP contribution in [0.2, 0.25) is 10.0 Å². The van der Waals surface area contributed by atoms with Crippen LogP contribution in [-0.4, -0.2) is 32.3 Å². The fourth-order valence-corrected chi connectivity index (χ4v) is 7.05. The molecule has 0 unspecified atom stereocenters. The summed E-state index contributed by atoms with van der Waals surface area (Å²) < 4.78 is 7.80. The molecule has 4 aromatic rings. The van der Waals surface area contributed by atoms with Crippen LogP contribution in [0.25, 0.3) is 11.3 Å². The summed E-state index contributed by atoms with van der Waals surface area (Å²) in [5, 5.41) is 13.4. The number of hydrogen-bond donors (Lipinski definition) is 2. The van der Waals surface area contributed by atoms with Crippen molar-refractivity contribution in [1.29, 1.82) is 0 Å². The Hall–Kier alpha value is -4.14. The second-order valence-corrected chi connectivity index (χ2v) is 15.1. The van der Waals surface area contributed by atoms with Gasteiger partial charge in [0.1, 0.15) is 18.2 Å². The molecule has 8 nitrogen and oxygen atoms in total. The first-order valence-corrected chi connectivity index (χ1v) is 17.9. The molecule has 2 N–H and O–H groups in total. The monoisotopic (exact) mass is 717 g/mol. The fraction of sp³-hybridized carbons (Fsp3) is 0.400. The number of halogens is 2. The highest BCUT2D eigenvalue weighted by Gasteiger charge is 2.34. The van der Waals surface area contributed by atoms with Crippen LogP contribution in [0.15, 0.2) is 72.9 Å². The molecule has 0 radical (unpaired) electrons. The van der Waals surface area contributed by atoms with Gasteiger partial charge in [0.05, 0.1) is 28.9 Å². The highest BCUT2D eigenvalue weighted by Crippen LogP contribution is 2.40. The van der Waals surface area contributed by atoms with Crippen LogP contribution < -0.4 is 10.1 Å². The summed E-state index contributed by atoms with van der Waals surface area (Å²) in [7, 11) is 0. The van der Waals surface area contributed by atoms with Crippen molar-refractivity contribution >= 4 is 40.9 Å². The molecule has 5 rings (SSSR count). The molecular weight excluding hydrogens is 673 g/mol. The van der Waals surface area contributed by atoms with E-state index >= 15 is 0 Å². The molecule has 1 fully saturated rings. The van der Waals surface area contributed by atoms with Crippen LogP contribution in [0, 0.1) is 17.3 Å². The Labute approximate surface area is 304 Å². The molecule has 10 heteroatoms. The van der Waals surface area contributed by atoms with Crippen molar-refractivity contribution in [2.24, 2.45) is 17.3 Å². The standard InChI is InChI=1S/C40H45Cl2N3O5/c1-5-31(46)22-45-23-36(33-19-16-30(41)21-34(33)42)43-37(45)35(44-38(47)27-12-14-29(15-13-27)40(2,3)4)20-25-8-17-32(18-9-25)50-24-26-6-10-28(11-7-26)39(48)49/h6-11,16-19,21,23,27,29,35H,5,12-15,20,22,24H2,1-4H3,(H,44,47)(H,48,49)/t27?,29?,35-/m0/s1. The number of carboxylic acids is 1. The number of benzene rings is 3. The van der Waals surface area contributed by atoms with E-state index in [0.717, 1.165) is 36.8 Å². The van der Waals surface area contributed by atoms with Gasteiger partial charge < -0.3 is 19.7 Å². The Kier molecular flexibility index (Phi) is 12.1. The quantitative estimate of drug-likeness (QED) is 0.143. The van der Waals surface area contributed by atoms with Crippen molar-refractivity contribution in [2.75, 3.05) is 0 Å². The number of ether oxygens (including phenoxy) is 1. The topological polar surface area (TPSA) is 111 Å². The maximum atomic E-state index is 13.9. The number of aromatic nitrogens is 2.